The van der Waals surface area contributed by atoms with Gasteiger partial charge in [0.15, 0.2) is 23.2 Å². The third-order valence-corrected chi connectivity index (χ3v) is 3.43. The van der Waals surface area contributed by atoms with E-state index in [9.17, 15) is 18.0 Å². The van der Waals surface area contributed by atoms with Crippen molar-refractivity contribution >= 4 is 5.78 Å². The van der Waals surface area contributed by atoms with Crippen molar-refractivity contribution in [1.82, 2.24) is 5.32 Å². The molecule has 0 radical (unpaired) electrons. The lowest BCUT2D eigenvalue weighted by molar-refractivity contribution is 0.0767. The number of hydrogen-bond acceptors (Lipinski definition) is 2. The van der Waals surface area contributed by atoms with Gasteiger partial charge < -0.3 is 5.32 Å². The molecule has 98 valence electrons. The molecule has 1 atom stereocenters. The lowest BCUT2D eigenvalue weighted by atomic mass is 9.76. The molecule has 2 rings (SSSR count). The topological polar surface area (TPSA) is 29.1 Å². The van der Waals surface area contributed by atoms with Gasteiger partial charge in [-0.3, -0.25) is 4.79 Å². The second-order valence-corrected chi connectivity index (χ2v) is 4.89. The summed E-state index contributed by atoms with van der Waals surface area (Å²) in [6, 6.07) is 1.79. The number of halogens is 3. The quantitative estimate of drug-likeness (QED) is 0.652. The van der Waals surface area contributed by atoms with E-state index in [1.54, 1.807) is 6.92 Å². The molecule has 5 heteroatoms. The summed E-state index contributed by atoms with van der Waals surface area (Å²) in [5.74, 6) is -4.75. The second-order valence-electron chi connectivity index (χ2n) is 4.89. The van der Waals surface area contributed by atoms with Crippen molar-refractivity contribution in [2.24, 2.45) is 5.41 Å². The number of carbonyl (C=O) groups is 1. The summed E-state index contributed by atoms with van der Waals surface area (Å²) in [4.78, 5) is 12.2. The number of nitrogens with one attached hydrogen (secondary N) is 1. The summed E-state index contributed by atoms with van der Waals surface area (Å²) in [5.41, 5.74) is -1.14. The number of rotatable bonds is 2. The van der Waals surface area contributed by atoms with E-state index >= 15 is 0 Å². The summed E-state index contributed by atoms with van der Waals surface area (Å²) < 4.78 is 39.5. The van der Waals surface area contributed by atoms with Gasteiger partial charge in [0.05, 0.1) is 5.56 Å². The molecule has 1 N–H and O–H groups in total. The molecular formula is C13H14F3NO. The molecule has 1 aromatic rings. The molecule has 1 aliphatic heterocycles. The van der Waals surface area contributed by atoms with Crippen LogP contribution in [0.5, 0.6) is 0 Å². The fourth-order valence-corrected chi connectivity index (χ4v) is 2.28. The monoisotopic (exact) mass is 257 g/mol. The summed E-state index contributed by atoms with van der Waals surface area (Å²) >= 11 is 0. The highest BCUT2D eigenvalue weighted by molar-refractivity contribution is 6.00. The zero-order valence-corrected chi connectivity index (χ0v) is 10.0. The van der Waals surface area contributed by atoms with E-state index in [2.05, 4.69) is 5.32 Å². The number of hydrogen-bond donors (Lipinski definition) is 1. The van der Waals surface area contributed by atoms with Crippen LogP contribution >= 0.6 is 0 Å². The zero-order chi connectivity index (χ0) is 13.3. The van der Waals surface area contributed by atoms with Crippen molar-refractivity contribution in [2.45, 2.75) is 19.8 Å². The molecule has 18 heavy (non-hydrogen) atoms. The summed E-state index contributed by atoms with van der Waals surface area (Å²) in [5, 5.41) is 3.06. The lowest BCUT2D eigenvalue weighted by Gasteiger charge is -2.32. The van der Waals surface area contributed by atoms with Crippen LogP contribution < -0.4 is 5.32 Å². The Morgan fingerprint density at radius 1 is 1.28 bits per heavy atom. The van der Waals surface area contributed by atoms with Crippen molar-refractivity contribution in [3.63, 3.8) is 0 Å². The van der Waals surface area contributed by atoms with Crippen molar-refractivity contribution < 1.29 is 18.0 Å². The van der Waals surface area contributed by atoms with Crippen molar-refractivity contribution in [2.75, 3.05) is 13.1 Å². The molecule has 0 aliphatic carbocycles. The first-order valence-electron chi connectivity index (χ1n) is 5.85. The zero-order valence-electron chi connectivity index (χ0n) is 10.0. The maximum absolute atomic E-state index is 13.6. The maximum Gasteiger partial charge on any atom is 0.195 e. The van der Waals surface area contributed by atoms with Crippen LogP contribution in [0, 0.1) is 22.9 Å². The van der Waals surface area contributed by atoms with Crippen LogP contribution in [0.1, 0.15) is 30.1 Å². The molecule has 2 nitrogen and oxygen atoms in total. The van der Waals surface area contributed by atoms with Crippen molar-refractivity contribution in [3.8, 4) is 0 Å². The van der Waals surface area contributed by atoms with Crippen LogP contribution in [-0.2, 0) is 0 Å². The minimum Gasteiger partial charge on any atom is -0.316 e. The Labute approximate surface area is 103 Å². The number of Topliss-reactive ketones (excluding diaryl/α,β-unsaturated/α-hetero) is 1. The van der Waals surface area contributed by atoms with Crippen molar-refractivity contribution in [3.05, 3.63) is 35.1 Å². The van der Waals surface area contributed by atoms with Gasteiger partial charge in [-0.1, -0.05) is 6.92 Å². The fourth-order valence-electron chi connectivity index (χ4n) is 2.28. The largest absolute Gasteiger partial charge is 0.316 e. The Morgan fingerprint density at radius 2 is 2.00 bits per heavy atom. The lowest BCUT2D eigenvalue weighted by Crippen LogP contribution is -2.43. The van der Waals surface area contributed by atoms with Gasteiger partial charge in [0.25, 0.3) is 0 Å². The molecule has 1 saturated heterocycles. The Balaban J connectivity index is 2.37. The molecule has 1 heterocycles. The van der Waals surface area contributed by atoms with E-state index < -0.39 is 28.6 Å². The third kappa shape index (κ3) is 2.14. The highest BCUT2D eigenvalue weighted by atomic mass is 19.2. The predicted octanol–water partition coefficient (Wildman–Crippen LogP) is 2.68. The molecule has 1 aliphatic rings. The van der Waals surface area contributed by atoms with E-state index in [-0.39, 0.29) is 5.56 Å². The minimum absolute atomic E-state index is 0.375. The van der Waals surface area contributed by atoms with E-state index in [1.807, 2.05) is 0 Å². The first-order valence-corrected chi connectivity index (χ1v) is 5.85. The Bertz CT molecular complexity index is 481. The molecule has 0 amide bonds. The van der Waals surface area contributed by atoms with Gasteiger partial charge in [-0.25, -0.2) is 13.2 Å². The molecule has 0 aromatic heterocycles. The standard InChI is InChI=1S/C13H14F3NO/c1-13(5-2-6-17-7-13)12(18)8-3-4-9(14)11(16)10(8)15/h3-4,17H,2,5-7H2,1H3. The Hall–Kier alpha value is -1.36. The van der Waals surface area contributed by atoms with Crippen LogP contribution in [0.25, 0.3) is 0 Å². The van der Waals surface area contributed by atoms with E-state index in [1.165, 1.54) is 0 Å². The summed E-state index contributed by atoms with van der Waals surface area (Å²) in [6.07, 6.45) is 1.41. The number of piperidine rings is 1. The van der Waals surface area contributed by atoms with Gasteiger partial charge in [0.2, 0.25) is 0 Å². The first kappa shape index (κ1) is 13.1. The average Bonchev–Trinajstić information content (AvgIpc) is 2.36. The van der Waals surface area contributed by atoms with E-state index in [0.29, 0.717) is 13.0 Å². The van der Waals surface area contributed by atoms with Crippen LogP contribution in [0.15, 0.2) is 12.1 Å². The summed E-state index contributed by atoms with van der Waals surface area (Å²) in [7, 11) is 0. The van der Waals surface area contributed by atoms with Crippen LogP contribution in [0.2, 0.25) is 0 Å². The highest BCUT2D eigenvalue weighted by Gasteiger charge is 2.37. The van der Waals surface area contributed by atoms with Crippen LogP contribution in [-0.4, -0.2) is 18.9 Å². The van der Waals surface area contributed by atoms with E-state index in [0.717, 1.165) is 25.1 Å². The summed E-state index contributed by atoms with van der Waals surface area (Å²) in [6.45, 7) is 2.94. The molecule has 0 saturated carbocycles. The van der Waals surface area contributed by atoms with Gasteiger partial charge in [0.1, 0.15) is 0 Å². The number of carbonyl (C=O) groups excluding carboxylic acids is 1. The fraction of sp³-hybridized carbons (Fsp3) is 0.462. The average molecular weight is 257 g/mol. The molecule has 0 spiro atoms. The Kier molecular flexibility index (Phi) is 3.43. The molecular weight excluding hydrogens is 243 g/mol. The maximum atomic E-state index is 13.6. The van der Waals surface area contributed by atoms with Gasteiger partial charge in [-0.05, 0) is 31.5 Å². The van der Waals surface area contributed by atoms with Gasteiger partial charge in [-0.15, -0.1) is 0 Å². The normalized spacial score (nSPS) is 24.0. The van der Waals surface area contributed by atoms with Crippen LogP contribution in [0.4, 0.5) is 13.2 Å². The number of ketones is 1. The smallest absolute Gasteiger partial charge is 0.195 e. The van der Waals surface area contributed by atoms with Crippen molar-refractivity contribution in [1.29, 1.82) is 0 Å². The first-order chi connectivity index (χ1) is 8.46. The van der Waals surface area contributed by atoms with Gasteiger partial charge in [-0.2, -0.15) is 0 Å². The third-order valence-electron chi connectivity index (χ3n) is 3.43. The SMILES string of the molecule is CC1(C(=O)c2ccc(F)c(F)c2F)CCCNC1. The highest BCUT2D eigenvalue weighted by Crippen LogP contribution is 2.31. The molecule has 1 unspecified atom stereocenters. The predicted molar refractivity (Wildman–Crippen MR) is 60.9 cm³/mol. The minimum atomic E-state index is -1.59. The number of benzene rings is 1. The second kappa shape index (κ2) is 4.72. The van der Waals surface area contributed by atoms with Crippen LogP contribution in [0.3, 0.4) is 0 Å². The molecule has 0 bridgehead atoms. The van der Waals surface area contributed by atoms with E-state index in [4.69, 9.17) is 0 Å². The molecule has 1 fully saturated rings. The molecule has 1 aromatic carbocycles. The van der Waals surface area contributed by atoms with Gasteiger partial charge in [0, 0.05) is 12.0 Å². The van der Waals surface area contributed by atoms with Gasteiger partial charge >= 0.3 is 0 Å². The Morgan fingerprint density at radius 3 is 2.61 bits per heavy atom.